The van der Waals surface area contributed by atoms with Crippen molar-refractivity contribution in [3.63, 3.8) is 0 Å². The third kappa shape index (κ3) is 7.47. The number of hydrogen-bond acceptors (Lipinski definition) is 5. The van der Waals surface area contributed by atoms with Crippen molar-refractivity contribution in [1.29, 1.82) is 0 Å². The zero-order valence-electron chi connectivity index (χ0n) is 17.7. The normalized spacial score (nSPS) is 21.1. The Labute approximate surface area is 172 Å². The van der Waals surface area contributed by atoms with Gasteiger partial charge in [0.1, 0.15) is 12.7 Å². The molecule has 2 rings (SSSR count). The van der Waals surface area contributed by atoms with Crippen LogP contribution in [0.25, 0.3) is 0 Å². The highest BCUT2D eigenvalue weighted by Crippen LogP contribution is 2.40. The predicted molar refractivity (Wildman–Crippen MR) is 113 cm³/mol. The van der Waals surface area contributed by atoms with Gasteiger partial charge in [-0.2, -0.15) is 0 Å². The number of rotatable bonds is 8. The smallest absolute Gasteiger partial charge is 0.407 e. The van der Waals surface area contributed by atoms with E-state index in [1.807, 2.05) is 58.0 Å². The highest BCUT2D eigenvalue weighted by atomic mass is 32.2. The van der Waals surface area contributed by atoms with Gasteiger partial charge in [-0.15, -0.1) is 0 Å². The second-order valence-electron chi connectivity index (χ2n) is 8.83. The highest BCUT2D eigenvalue weighted by molar-refractivity contribution is 8.14. The number of thioether (sulfide) groups is 1. The van der Waals surface area contributed by atoms with E-state index in [1.165, 1.54) is 11.8 Å². The Bertz CT molecular complexity index is 656. The average molecular weight is 408 g/mol. The summed E-state index contributed by atoms with van der Waals surface area (Å²) in [6.45, 7) is 12.5. The Balaban J connectivity index is 1.86. The van der Waals surface area contributed by atoms with Crippen LogP contribution in [0.2, 0.25) is 0 Å². The minimum Gasteiger partial charge on any atom is -0.445 e. The molecule has 28 heavy (non-hydrogen) atoms. The number of nitrogens with one attached hydrogen (secondary N) is 1. The first-order valence-electron chi connectivity index (χ1n) is 9.92. The van der Waals surface area contributed by atoms with Crippen molar-refractivity contribution < 1.29 is 19.1 Å². The summed E-state index contributed by atoms with van der Waals surface area (Å²) in [5, 5.41) is 3.01. The van der Waals surface area contributed by atoms with E-state index in [1.54, 1.807) is 0 Å². The third-order valence-corrected chi connectivity index (χ3v) is 5.56. The topological polar surface area (TPSA) is 67.9 Å². The lowest BCUT2D eigenvalue weighted by atomic mass is 9.92. The monoisotopic (exact) mass is 407 g/mol. The molecule has 0 radical (unpaired) electrons. The Hall–Kier alpha value is -1.53. The first kappa shape index (κ1) is 22.8. The summed E-state index contributed by atoms with van der Waals surface area (Å²) < 4.78 is 11.0. The largest absolute Gasteiger partial charge is 0.445 e. The molecule has 0 aliphatic carbocycles. The van der Waals surface area contributed by atoms with E-state index < -0.39 is 6.09 Å². The summed E-state index contributed by atoms with van der Waals surface area (Å²) in [6, 6.07) is 9.34. The minimum atomic E-state index is -0.471. The molecule has 1 fully saturated rings. The Kier molecular flexibility index (Phi) is 7.96. The van der Waals surface area contributed by atoms with E-state index in [4.69, 9.17) is 9.47 Å². The van der Waals surface area contributed by atoms with E-state index in [9.17, 15) is 9.59 Å². The van der Waals surface area contributed by atoms with Gasteiger partial charge in [-0.3, -0.25) is 4.79 Å². The summed E-state index contributed by atoms with van der Waals surface area (Å²) >= 11 is 1.38. The number of hydrogen-bond donors (Lipinski definition) is 1. The molecule has 0 saturated carbocycles. The van der Waals surface area contributed by atoms with Gasteiger partial charge in [0.05, 0.1) is 18.1 Å². The molecular weight excluding hydrogens is 374 g/mol. The number of amides is 1. The lowest BCUT2D eigenvalue weighted by molar-refractivity contribution is -0.115. The molecule has 4 atom stereocenters. The SMILES string of the molecule is CC(C)C[C@H](C(=O)SC(C)(C)C)[C@H]1O[C@@H]1[C@H](C)NC(=O)OCc1ccccc1. The second kappa shape index (κ2) is 9.79. The molecule has 1 amide bonds. The molecule has 0 unspecified atom stereocenters. The van der Waals surface area contributed by atoms with Crippen molar-refractivity contribution in [3.8, 4) is 0 Å². The Morgan fingerprint density at radius 3 is 2.36 bits per heavy atom. The lowest BCUT2D eigenvalue weighted by Crippen LogP contribution is -2.38. The molecule has 6 heteroatoms. The Morgan fingerprint density at radius 2 is 1.79 bits per heavy atom. The molecule has 1 N–H and O–H groups in total. The molecule has 5 nitrogen and oxygen atoms in total. The zero-order chi connectivity index (χ0) is 20.9. The molecule has 1 heterocycles. The fourth-order valence-corrected chi connectivity index (χ4v) is 4.13. The third-order valence-electron chi connectivity index (χ3n) is 4.44. The number of carbonyl (C=O) groups excluding carboxylic acids is 2. The molecule has 0 aromatic heterocycles. The van der Waals surface area contributed by atoms with E-state index >= 15 is 0 Å². The molecule has 1 aliphatic heterocycles. The van der Waals surface area contributed by atoms with Crippen molar-refractivity contribution in [2.24, 2.45) is 11.8 Å². The molecule has 0 spiro atoms. The van der Waals surface area contributed by atoms with Gasteiger partial charge in [-0.05, 0) is 24.8 Å². The van der Waals surface area contributed by atoms with E-state index in [2.05, 4.69) is 19.2 Å². The summed E-state index contributed by atoms with van der Waals surface area (Å²) in [5.41, 5.74) is 0.938. The first-order valence-corrected chi connectivity index (χ1v) is 10.7. The number of epoxide rings is 1. The van der Waals surface area contributed by atoms with E-state index in [-0.39, 0.29) is 40.6 Å². The summed E-state index contributed by atoms with van der Waals surface area (Å²) in [6.07, 6.45) is 0.0157. The van der Waals surface area contributed by atoms with Crippen LogP contribution in [0.3, 0.4) is 0 Å². The number of ether oxygens (including phenoxy) is 2. The maximum Gasteiger partial charge on any atom is 0.407 e. The molecule has 1 saturated heterocycles. The van der Waals surface area contributed by atoms with Gasteiger partial charge in [0.25, 0.3) is 0 Å². The van der Waals surface area contributed by atoms with Crippen LogP contribution in [-0.4, -0.2) is 34.2 Å². The number of alkyl carbamates (subject to hydrolysis) is 1. The van der Waals surface area contributed by atoms with Gasteiger partial charge < -0.3 is 14.8 Å². The van der Waals surface area contributed by atoms with Crippen LogP contribution in [0, 0.1) is 11.8 Å². The van der Waals surface area contributed by atoms with Crippen LogP contribution in [0.4, 0.5) is 4.79 Å². The van der Waals surface area contributed by atoms with Crippen LogP contribution < -0.4 is 5.32 Å². The predicted octanol–water partition coefficient (Wildman–Crippen LogP) is 4.79. The maximum absolute atomic E-state index is 12.8. The fraction of sp³-hybridized carbons (Fsp3) is 0.636. The molecule has 1 aliphatic rings. The van der Waals surface area contributed by atoms with Crippen LogP contribution in [0.5, 0.6) is 0 Å². The van der Waals surface area contributed by atoms with Crippen LogP contribution >= 0.6 is 11.8 Å². The Morgan fingerprint density at radius 1 is 1.14 bits per heavy atom. The summed E-state index contributed by atoms with van der Waals surface area (Å²) in [7, 11) is 0. The van der Waals surface area contributed by atoms with Gasteiger partial charge in [-0.25, -0.2) is 4.79 Å². The molecule has 0 bridgehead atoms. The molecule has 156 valence electrons. The lowest BCUT2D eigenvalue weighted by Gasteiger charge is -2.22. The van der Waals surface area contributed by atoms with Crippen LogP contribution in [0.15, 0.2) is 30.3 Å². The van der Waals surface area contributed by atoms with E-state index in [0.717, 1.165) is 12.0 Å². The highest BCUT2D eigenvalue weighted by Gasteiger charge is 2.51. The average Bonchev–Trinajstić information content (AvgIpc) is 3.37. The second-order valence-corrected chi connectivity index (χ2v) is 10.7. The van der Waals surface area contributed by atoms with Crippen LogP contribution in [-0.2, 0) is 20.9 Å². The molecule has 1 aromatic rings. The molecular formula is C22H33NO4S. The van der Waals surface area contributed by atoms with Crippen molar-refractivity contribution in [1.82, 2.24) is 5.32 Å². The van der Waals surface area contributed by atoms with Gasteiger partial charge >= 0.3 is 6.09 Å². The van der Waals surface area contributed by atoms with Crippen molar-refractivity contribution >= 4 is 23.0 Å². The first-order chi connectivity index (χ1) is 13.1. The van der Waals surface area contributed by atoms with Gasteiger partial charge in [0.15, 0.2) is 5.12 Å². The van der Waals surface area contributed by atoms with Gasteiger partial charge in [0.2, 0.25) is 0 Å². The fourth-order valence-electron chi connectivity index (χ4n) is 3.14. The van der Waals surface area contributed by atoms with Crippen molar-refractivity contribution in [3.05, 3.63) is 35.9 Å². The standard InChI is InChI=1S/C22H33NO4S/c1-14(2)12-17(20(24)28-22(4,5)6)19-18(27-19)15(3)23-21(25)26-13-16-10-8-7-9-11-16/h7-11,14-15,17-19H,12-13H2,1-6H3,(H,23,25)/t15-,17-,18+,19+/m0/s1. The maximum atomic E-state index is 12.8. The van der Waals surface area contributed by atoms with Crippen molar-refractivity contribution in [2.75, 3.05) is 0 Å². The minimum absolute atomic E-state index is 0.123. The summed E-state index contributed by atoms with van der Waals surface area (Å²) in [4.78, 5) is 24.9. The summed E-state index contributed by atoms with van der Waals surface area (Å²) in [5.74, 6) is 0.247. The quantitative estimate of drug-likeness (QED) is 0.628. The van der Waals surface area contributed by atoms with Crippen molar-refractivity contribution in [2.45, 2.75) is 77.6 Å². The zero-order valence-corrected chi connectivity index (χ0v) is 18.5. The number of carbonyl (C=O) groups is 2. The molecule has 1 aromatic carbocycles. The van der Waals surface area contributed by atoms with Gasteiger partial charge in [0, 0.05) is 4.75 Å². The van der Waals surface area contributed by atoms with Gasteiger partial charge in [-0.1, -0.05) is 76.7 Å². The van der Waals surface area contributed by atoms with E-state index in [0.29, 0.717) is 5.92 Å². The number of benzene rings is 1. The van der Waals surface area contributed by atoms with Crippen LogP contribution in [0.1, 0.15) is 53.5 Å².